The van der Waals surface area contributed by atoms with Gasteiger partial charge < -0.3 is 24.2 Å². The second-order valence-corrected chi connectivity index (χ2v) is 9.42. The van der Waals surface area contributed by atoms with E-state index in [0.29, 0.717) is 18.0 Å². The number of nitrogens with zero attached hydrogens (tertiary/aromatic N) is 3. The second-order valence-electron chi connectivity index (χ2n) is 9.42. The number of rotatable bonds is 6. The molecule has 1 atom stereocenters. The second kappa shape index (κ2) is 9.48. The fourth-order valence-corrected chi connectivity index (χ4v) is 5.57. The number of fused-ring (bicyclic) bond motifs is 1. The normalized spacial score (nSPS) is 17.5. The molecule has 3 aromatic rings. The van der Waals surface area contributed by atoms with Crippen LogP contribution < -0.4 is 24.2 Å². The molecule has 0 spiro atoms. The molecule has 0 aliphatic carbocycles. The highest BCUT2D eigenvalue weighted by molar-refractivity contribution is 5.82. The van der Waals surface area contributed by atoms with Crippen molar-refractivity contribution in [2.45, 2.75) is 39.2 Å². The van der Waals surface area contributed by atoms with Crippen molar-refractivity contribution in [3.05, 3.63) is 77.4 Å². The molecule has 0 bridgehead atoms. The van der Waals surface area contributed by atoms with E-state index in [9.17, 15) is 13.2 Å². The van der Waals surface area contributed by atoms with Crippen LogP contribution in [0.2, 0.25) is 0 Å². The minimum atomic E-state index is -4.75. The van der Waals surface area contributed by atoms with Gasteiger partial charge in [0.25, 0.3) is 0 Å². The quantitative estimate of drug-likeness (QED) is 0.400. The summed E-state index contributed by atoms with van der Waals surface area (Å²) in [6, 6.07) is 18.9. The van der Waals surface area contributed by atoms with Gasteiger partial charge in [0.1, 0.15) is 17.2 Å². The summed E-state index contributed by atoms with van der Waals surface area (Å²) in [6.07, 6.45) is -3.75. The molecule has 0 aromatic heterocycles. The van der Waals surface area contributed by atoms with E-state index in [1.807, 2.05) is 12.1 Å². The van der Waals surface area contributed by atoms with Crippen LogP contribution >= 0.6 is 0 Å². The Labute approximate surface area is 209 Å². The summed E-state index contributed by atoms with van der Waals surface area (Å²) in [5.41, 5.74) is 6.23. The molecule has 0 radical (unpaired) electrons. The Kier molecular flexibility index (Phi) is 6.36. The highest BCUT2D eigenvalue weighted by Gasteiger charge is 2.38. The van der Waals surface area contributed by atoms with E-state index < -0.39 is 6.36 Å². The van der Waals surface area contributed by atoms with E-state index in [1.165, 1.54) is 22.9 Å². The molecule has 0 saturated carbocycles. The Morgan fingerprint density at radius 1 is 0.889 bits per heavy atom. The molecule has 2 aliphatic heterocycles. The van der Waals surface area contributed by atoms with Crippen LogP contribution in [-0.4, -0.2) is 39.3 Å². The predicted molar refractivity (Wildman–Crippen MR) is 136 cm³/mol. The van der Waals surface area contributed by atoms with Crippen molar-refractivity contribution in [1.29, 1.82) is 0 Å². The molecule has 36 heavy (non-hydrogen) atoms. The van der Waals surface area contributed by atoms with Gasteiger partial charge in [-0.3, -0.25) is 0 Å². The number of benzene rings is 3. The summed E-state index contributed by atoms with van der Waals surface area (Å²) < 4.78 is 49.1. The molecule has 1 fully saturated rings. The van der Waals surface area contributed by atoms with Crippen molar-refractivity contribution < 1.29 is 22.6 Å². The van der Waals surface area contributed by atoms with Gasteiger partial charge in [0.05, 0.1) is 19.5 Å². The Morgan fingerprint density at radius 3 is 2.31 bits per heavy atom. The number of aryl methyl sites for hydroxylation is 2. The van der Waals surface area contributed by atoms with E-state index in [2.05, 4.69) is 57.5 Å². The Balaban J connectivity index is 1.43. The number of hydrogen-bond donors (Lipinski definition) is 0. The van der Waals surface area contributed by atoms with Crippen molar-refractivity contribution in [2.75, 3.05) is 41.6 Å². The van der Waals surface area contributed by atoms with Gasteiger partial charge in [-0.2, -0.15) is 0 Å². The average Bonchev–Trinajstić information content (AvgIpc) is 3.44. The van der Waals surface area contributed by atoms with Crippen LogP contribution in [0.25, 0.3) is 0 Å². The van der Waals surface area contributed by atoms with E-state index in [4.69, 9.17) is 4.74 Å². The first-order chi connectivity index (χ1) is 17.2. The van der Waals surface area contributed by atoms with E-state index >= 15 is 0 Å². The highest BCUT2D eigenvalue weighted by atomic mass is 19.4. The smallest absolute Gasteiger partial charge is 0.495 e. The minimum Gasteiger partial charge on any atom is -0.495 e. The first-order valence-corrected chi connectivity index (χ1v) is 12.1. The standard InChI is InChI=1S/C28H30F3N3O2/c1-19-8-6-9-20(2)26(19)32-15-14-22(17-32)34-18-33(27-23(34)11-7-13-25(27)35-3)16-21-10-4-5-12-24(21)36-28(29,30)31/h4-13,22H,14-18H2,1-3H3/t22-/m1/s1. The summed E-state index contributed by atoms with van der Waals surface area (Å²) in [6.45, 7) is 6.95. The fourth-order valence-electron chi connectivity index (χ4n) is 5.57. The van der Waals surface area contributed by atoms with Gasteiger partial charge in [-0.05, 0) is 49.6 Å². The third-order valence-corrected chi connectivity index (χ3v) is 7.07. The molecular formula is C28H30F3N3O2. The van der Waals surface area contributed by atoms with E-state index in [0.717, 1.165) is 30.9 Å². The fraction of sp³-hybridized carbons (Fsp3) is 0.357. The number of halogens is 3. The van der Waals surface area contributed by atoms with Gasteiger partial charge >= 0.3 is 6.36 Å². The van der Waals surface area contributed by atoms with E-state index in [1.54, 1.807) is 25.3 Å². The number of anilines is 3. The third-order valence-electron chi connectivity index (χ3n) is 7.07. The lowest BCUT2D eigenvalue weighted by atomic mass is 10.1. The lowest BCUT2D eigenvalue weighted by molar-refractivity contribution is -0.274. The number of para-hydroxylation sites is 3. The molecule has 3 aromatic carbocycles. The summed E-state index contributed by atoms with van der Waals surface area (Å²) in [4.78, 5) is 6.89. The van der Waals surface area contributed by atoms with Gasteiger partial charge in [-0.15, -0.1) is 13.2 Å². The van der Waals surface area contributed by atoms with E-state index in [-0.39, 0.29) is 18.3 Å². The highest BCUT2D eigenvalue weighted by Crippen LogP contribution is 2.46. The molecule has 5 nitrogen and oxygen atoms in total. The lowest BCUT2D eigenvalue weighted by Crippen LogP contribution is -2.40. The lowest BCUT2D eigenvalue weighted by Gasteiger charge is -2.29. The number of ether oxygens (including phenoxy) is 2. The van der Waals surface area contributed by atoms with Gasteiger partial charge in [-0.25, -0.2) is 0 Å². The zero-order valence-corrected chi connectivity index (χ0v) is 20.7. The predicted octanol–water partition coefficient (Wildman–Crippen LogP) is 6.27. The first-order valence-electron chi connectivity index (χ1n) is 12.1. The van der Waals surface area contributed by atoms with Crippen LogP contribution in [0.5, 0.6) is 11.5 Å². The molecular weight excluding hydrogens is 467 g/mol. The van der Waals surface area contributed by atoms with Crippen LogP contribution in [0, 0.1) is 13.8 Å². The largest absolute Gasteiger partial charge is 0.573 e. The van der Waals surface area contributed by atoms with Crippen LogP contribution in [0.4, 0.5) is 30.2 Å². The van der Waals surface area contributed by atoms with Gasteiger partial charge in [-0.1, -0.05) is 42.5 Å². The first kappa shape index (κ1) is 24.2. The molecule has 0 unspecified atom stereocenters. The van der Waals surface area contributed by atoms with Crippen LogP contribution in [-0.2, 0) is 6.54 Å². The van der Waals surface area contributed by atoms with Crippen LogP contribution in [0.1, 0.15) is 23.1 Å². The molecule has 5 rings (SSSR count). The zero-order valence-electron chi connectivity index (χ0n) is 20.7. The molecule has 8 heteroatoms. The maximum atomic E-state index is 13.0. The Bertz CT molecular complexity index is 1230. The number of methoxy groups -OCH3 is 1. The SMILES string of the molecule is COc1cccc2c1N(Cc1ccccc1OC(F)(F)F)CN2[C@@H]1CCN(c2c(C)cccc2C)C1. The molecule has 190 valence electrons. The third kappa shape index (κ3) is 4.64. The van der Waals surface area contributed by atoms with Crippen LogP contribution in [0.15, 0.2) is 60.7 Å². The number of alkyl halides is 3. The van der Waals surface area contributed by atoms with Crippen molar-refractivity contribution in [1.82, 2.24) is 0 Å². The van der Waals surface area contributed by atoms with Crippen molar-refractivity contribution in [3.63, 3.8) is 0 Å². The van der Waals surface area contributed by atoms with Crippen molar-refractivity contribution in [3.8, 4) is 11.5 Å². The van der Waals surface area contributed by atoms with Gasteiger partial charge in [0, 0.05) is 36.9 Å². The van der Waals surface area contributed by atoms with Crippen molar-refractivity contribution in [2.24, 2.45) is 0 Å². The molecule has 1 saturated heterocycles. The summed E-state index contributed by atoms with van der Waals surface area (Å²) in [5, 5.41) is 0. The minimum absolute atomic E-state index is 0.179. The maximum Gasteiger partial charge on any atom is 0.573 e. The molecule has 0 N–H and O–H groups in total. The number of hydrogen-bond acceptors (Lipinski definition) is 5. The molecule has 0 amide bonds. The monoisotopic (exact) mass is 497 g/mol. The Morgan fingerprint density at radius 2 is 1.58 bits per heavy atom. The van der Waals surface area contributed by atoms with Crippen molar-refractivity contribution >= 4 is 17.1 Å². The van der Waals surface area contributed by atoms with Gasteiger partial charge in [0.15, 0.2) is 0 Å². The molecule has 2 heterocycles. The Hall–Kier alpha value is -3.55. The maximum absolute atomic E-state index is 13.0. The van der Waals surface area contributed by atoms with Crippen LogP contribution in [0.3, 0.4) is 0 Å². The topological polar surface area (TPSA) is 28.2 Å². The molecule has 2 aliphatic rings. The average molecular weight is 498 g/mol. The summed E-state index contributed by atoms with van der Waals surface area (Å²) >= 11 is 0. The summed E-state index contributed by atoms with van der Waals surface area (Å²) in [7, 11) is 1.62. The zero-order chi connectivity index (χ0) is 25.4. The summed E-state index contributed by atoms with van der Waals surface area (Å²) in [5.74, 6) is 0.524. The van der Waals surface area contributed by atoms with Gasteiger partial charge in [0.2, 0.25) is 0 Å².